The Morgan fingerprint density at radius 3 is 1.85 bits per heavy atom. The Balaban J connectivity index is 3.67. The molecule has 10 heteroatoms. The van der Waals surface area contributed by atoms with Crippen molar-refractivity contribution in [2.45, 2.75) is 155 Å². The molecule has 0 aromatic rings. The fraction of sp³-hybridized carbons (Fsp3) is 0.778. The van der Waals surface area contributed by atoms with Crippen molar-refractivity contribution in [3.63, 3.8) is 0 Å². The number of allylic oxidation sites excluding steroid dienone is 6. The highest BCUT2D eigenvalue weighted by molar-refractivity contribution is 7.47. The number of carbonyl (C=O) groups excluding carboxylic acids is 2. The summed E-state index contributed by atoms with van der Waals surface area (Å²) in [6.45, 7) is 3.41. The second-order valence-electron chi connectivity index (χ2n) is 11.8. The van der Waals surface area contributed by atoms with Gasteiger partial charge in [0.25, 0.3) is 0 Å². The Morgan fingerprint density at radius 2 is 1.22 bits per heavy atom. The fourth-order valence-electron chi connectivity index (χ4n) is 4.53. The molecule has 0 aliphatic heterocycles. The van der Waals surface area contributed by atoms with E-state index >= 15 is 0 Å². The van der Waals surface area contributed by atoms with Gasteiger partial charge in [0.1, 0.15) is 12.7 Å². The maximum absolute atomic E-state index is 12.0. The summed E-state index contributed by atoms with van der Waals surface area (Å²) < 4.78 is 26.7. The molecule has 46 heavy (non-hydrogen) atoms. The molecule has 0 saturated heterocycles. The summed E-state index contributed by atoms with van der Waals surface area (Å²) >= 11 is 0. The molecule has 0 fully saturated rings. The van der Waals surface area contributed by atoms with E-state index in [9.17, 15) is 24.2 Å². The number of phosphoric acid groups is 1. The molecule has 0 radical (unpaired) electrons. The highest BCUT2D eigenvalue weighted by atomic mass is 31.2. The summed E-state index contributed by atoms with van der Waals surface area (Å²) in [5, 5.41) is 12.6. The van der Waals surface area contributed by atoms with Crippen LogP contribution < -0.4 is 5.32 Å². The maximum Gasteiger partial charge on any atom is 0.472 e. The number of aliphatic hydroxyl groups is 1. The van der Waals surface area contributed by atoms with Crippen molar-refractivity contribution in [1.82, 2.24) is 5.32 Å². The van der Waals surface area contributed by atoms with Gasteiger partial charge in [0, 0.05) is 19.4 Å². The number of esters is 1. The van der Waals surface area contributed by atoms with E-state index in [1.54, 1.807) is 0 Å². The van der Waals surface area contributed by atoms with E-state index in [0.29, 0.717) is 6.42 Å². The molecule has 0 aliphatic rings. The van der Waals surface area contributed by atoms with Gasteiger partial charge in [0.2, 0.25) is 5.91 Å². The molecule has 1 amide bonds. The molecule has 0 aromatic carbocycles. The van der Waals surface area contributed by atoms with Gasteiger partial charge >= 0.3 is 13.8 Å². The van der Waals surface area contributed by atoms with Crippen LogP contribution in [0.3, 0.4) is 0 Å². The molecule has 3 N–H and O–H groups in total. The number of aliphatic hydroxyl groups excluding tert-OH is 1. The summed E-state index contributed by atoms with van der Waals surface area (Å²) in [6.07, 6.45) is 33.6. The van der Waals surface area contributed by atoms with E-state index in [4.69, 9.17) is 13.8 Å². The number of ether oxygens (including phenoxy) is 1. The number of phosphoric ester groups is 1. The van der Waals surface area contributed by atoms with Crippen molar-refractivity contribution < 1.29 is 37.9 Å². The highest BCUT2D eigenvalue weighted by Gasteiger charge is 2.23. The molecule has 9 nitrogen and oxygen atoms in total. The summed E-state index contributed by atoms with van der Waals surface area (Å²) in [7, 11) is -4.41. The number of rotatable bonds is 33. The zero-order chi connectivity index (χ0) is 34.0. The molecular weight excluding hydrogens is 605 g/mol. The molecule has 0 bridgehead atoms. The Morgan fingerprint density at radius 1 is 0.674 bits per heavy atom. The lowest BCUT2D eigenvalue weighted by Gasteiger charge is -2.15. The van der Waals surface area contributed by atoms with Gasteiger partial charge in [-0.15, -0.1) is 0 Å². The van der Waals surface area contributed by atoms with Crippen LogP contribution in [0.25, 0.3) is 0 Å². The van der Waals surface area contributed by atoms with E-state index in [1.165, 1.54) is 32.1 Å². The average molecular weight is 672 g/mol. The van der Waals surface area contributed by atoms with Crippen molar-refractivity contribution in [2.24, 2.45) is 0 Å². The van der Waals surface area contributed by atoms with Crippen molar-refractivity contribution in [3.8, 4) is 0 Å². The minimum absolute atomic E-state index is 0.0726. The second kappa shape index (κ2) is 33.1. The van der Waals surface area contributed by atoms with Gasteiger partial charge in [0.05, 0.1) is 13.2 Å². The third kappa shape index (κ3) is 33.6. The van der Waals surface area contributed by atoms with Gasteiger partial charge in [-0.2, -0.15) is 0 Å². The quantitative estimate of drug-likeness (QED) is 0.0273. The molecule has 268 valence electrons. The van der Waals surface area contributed by atoms with Crippen LogP contribution in [0.2, 0.25) is 0 Å². The fourth-order valence-corrected chi connectivity index (χ4v) is 5.28. The summed E-state index contributed by atoms with van der Waals surface area (Å²) in [5.41, 5.74) is 0. The molecule has 0 aliphatic carbocycles. The molecular formula is C36H66NO8P. The lowest BCUT2D eigenvalue weighted by atomic mass is 10.1. The summed E-state index contributed by atoms with van der Waals surface area (Å²) in [6, 6.07) is 0. The number of unbranched alkanes of at least 4 members (excludes halogenated alkanes) is 14. The van der Waals surface area contributed by atoms with Crippen molar-refractivity contribution in [3.05, 3.63) is 36.5 Å². The molecule has 2 unspecified atom stereocenters. The van der Waals surface area contributed by atoms with Crippen molar-refractivity contribution >= 4 is 19.7 Å². The van der Waals surface area contributed by atoms with Crippen molar-refractivity contribution in [2.75, 3.05) is 26.4 Å². The zero-order valence-corrected chi connectivity index (χ0v) is 29.9. The van der Waals surface area contributed by atoms with E-state index in [-0.39, 0.29) is 32.1 Å². The predicted octanol–water partition coefficient (Wildman–Crippen LogP) is 9.04. The third-order valence-corrected chi connectivity index (χ3v) is 8.26. The first-order valence-corrected chi connectivity index (χ1v) is 19.5. The van der Waals surface area contributed by atoms with Crippen LogP contribution in [0.4, 0.5) is 0 Å². The Kier molecular flexibility index (Phi) is 31.9. The zero-order valence-electron chi connectivity index (χ0n) is 29.0. The number of hydrogen-bond donors (Lipinski definition) is 3. The second-order valence-corrected chi connectivity index (χ2v) is 13.3. The number of amides is 1. The molecule has 0 rings (SSSR count). The lowest BCUT2D eigenvalue weighted by Crippen LogP contribution is -2.27. The van der Waals surface area contributed by atoms with E-state index in [0.717, 1.165) is 89.9 Å². The molecule has 0 spiro atoms. The van der Waals surface area contributed by atoms with E-state index in [1.807, 2.05) is 0 Å². The Hall–Kier alpha value is -1.77. The molecule has 0 saturated carbocycles. The van der Waals surface area contributed by atoms with Gasteiger partial charge in [-0.25, -0.2) is 4.57 Å². The molecule has 0 aromatic heterocycles. The van der Waals surface area contributed by atoms with Gasteiger partial charge in [0.15, 0.2) is 0 Å². The summed E-state index contributed by atoms with van der Waals surface area (Å²) in [5.74, 6) is -0.545. The first-order valence-electron chi connectivity index (χ1n) is 18.0. The Bertz CT molecular complexity index is 861. The molecule has 2 atom stereocenters. The maximum atomic E-state index is 12.0. The minimum atomic E-state index is -4.41. The summed E-state index contributed by atoms with van der Waals surface area (Å²) in [4.78, 5) is 33.6. The minimum Gasteiger partial charge on any atom is -0.463 e. The van der Waals surface area contributed by atoms with Crippen LogP contribution in [0.5, 0.6) is 0 Å². The van der Waals surface area contributed by atoms with E-state index in [2.05, 4.69) is 55.6 Å². The first-order chi connectivity index (χ1) is 22.3. The van der Waals surface area contributed by atoms with Gasteiger partial charge in [-0.1, -0.05) is 108 Å². The van der Waals surface area contributed by atoms with Crippen LogP contribution >= 0.6 is 7.82 Å². The smallest absolute Gasteiger partial charge is 0.463 e. The van der Waals surface area contributed by atoms with E-state index < -0.39 is 26.5 Å². The van der Waals surface area contributed by atoms with Crippen LogP contribution in [-0.4, -0.2) is 54.3 Å². The number of nitrogens with one attached hydrogen (secondary N) is 1. The normalized spacial score (nSPS) is 13.9. The SMILES string of the molecule is CCC/C=C\CCCCCCCC(=O)OCC(O)COP(=O)(O)OCCNC(=O)CCCCCCC/C=C\C/C=C\CCCCC. The average Bonchev–Trinajstić information content (AvgIpc) is 3.04. The number of carbonyl (C=O) groups is 2. The van der Waals surface area contributed by atoms with Crippen LogP contribution in [0, 0.1) is 0 Å². The van der Waals surface area contributed by atoms with Crippen LogP contribution in [0.15, 0.2) is 36.5 Å². The van der Waals surface area contributed by atoms with Gasteiger partial charge < -0.3 is 20.1 Å². The van der Waals surface area contributed by atoms with Gasteiger partial charge in [-0.3, -0.25) is 18.6 Å². The monoisotopic (exact) mass is 671 g/mol. The lowest BCUT2D eigenvalue weighted by molar-refractivity contribution is -0.147. The third-order valence-electron chi connectivity index (χ3n) is 7.27. The standard InChI is InChI=1S/C36H66NO8P/c1-3-5-7-9-11-13-15-16-17-18-19-20-22-24-26-28-35(39)37-30-31-44-46(41,42)45-33-34(38)32-43-36(40)29-27-25-23-21-14-12-10-8-6-4-2/h8,10-11,13,16-17,34,38H,3-7,9,12,14-15,18-33H2,1-2H3,(H,37,39)(H,41,42)/b10-8-,13-11-,17-16-. The van der Waals surface area contributed by atoms with Crippen LogP contribution in [0.1, 0.15) is 149 Å². The molecule has 0 heterocycles. The first kappa shape index (κ1) is 44.2. The van der Waals surface area contributed by atoms with Gasteiger partial charge in [-0.05, 0) is 64.2 Å². The largest absolute Gasteiger partial charge is 0.472 e. The van der Waals surface area contributed by atoms with Crippen molar-refractivity contribution in [1.29, 1.82) is 0 Å². The highest BCUT2D eigenvalue weighted by Crippen LogP contribution is 2.42. The number of hydrogen-bond acceptors (Lipinski definition) is 7. The predicted molar refractivity (Wildman–Crippen MR) is 187 cm³/mol. The Labute approximate surface area is 280 Å². The topological polar surface area (TPSA) is 131 Å². The van der Waals surface area contributed by atoms with Crippen LogP contribution in [-0.2, 0) is 27.9 Å².